The molecule has 1 atom stereocenters. The summed E-state index contributed by atoms with van der Waals surface area (Å²) in [6.45, 7) is 7.29. The maximum atomic E-state index is 10.8. The molecular formula is C23H31N3O4S. The monoisotopic (exact) mass is 445 g/mol. The van der Waals surface area contributed by atoms with Gasteiger partial charge in [0.2, 0.25) is 6.79 Å². The molecule has 7 nitrogen and oxygen atoms in total. The number of ether oxygens (including phenoxy) is 3. The standard InChI is InChI=1S/C23H31N3O4S/c1-3-24-21(25-14-22(2,27)20-5-4-12-31-20)26-15-23(8-10-28-11-9-23)17-6-7-18-19(13-17)30-16-29-18/h4-7,12-13,27H,3,8-11,14-16H2,1-2H3,(H2,24,25,26). The molecule has 8 heteroatoms. The first-order chi connectivity index (χ1) is 15.0. The molecule has 0 bridgehead atoms. The summed E-state index contributed by atoms with van der Waals surface area (Å²) in [4.78, 5) is 5.59. The van der Waals surface area contributed by atoms with Crippen molar-refractivity contribution in [3.63, 3.8) is 0 Å². The van der Waals surface area contributed by atoms with E-state index in [1.807, 2.05) is 30.5 Å². The lowest BCUT2D eigenvalue weighted by Gasteiger charge is -2.38. The van der Waals surface area contributed by atoms with Gasteiger partial charge in [0.15, 0.2) is 17.5 Å². The van der Waals surface area contributed by atoms with Gasteiger partial charge in [-0.2, -0.15) is 0 Å². The summed E-state index contributed by atoms with van der Waals surface area (Å²) in [5, 5.41) is 19.6. The third-order valence-corrected chi connectivity index (χ3v) is 7.09. The summed E-state index contributed by atoms with van der Waals surface area (Å²) in [7, 11) is 0. The summed E-state index contributed by atoms with van der Waals surface area (Å²) in [6, 6.07) is 10.1. The predicted octanol–water partition coefficient (Wildman–Crippen LogP) is 2.99. The van der Waals surface area contributed by atoms with Crippen molar-refractivity contribution in [3.8, 4) is 11.5 Å². The van der Waals surface area contributed by atoms with Crippen molar-refractivity contribution < 1.29 is 19.3 Å². The second-order valence-electron chi connectivity index (χ2n) is 8.26. The second kappa shape index (κ2) is 9.46. The molecule has 3 heterocycles. The van der Waals surface area contributed by atoms with Crippen molar-refractivity contribution in [2.24, 2.45) is 4.99 Å². The van der Waals surface area contributed by atoms with Crippen molar-refractivity contribution in [1.82, 2.24) is 10.6 Å². The van der Waals surface area contributed by atoms with Gasteiger partial charge < -0.3 is 30.0 Å². The lowest BCUT2D eigenvalue weighted by atomic mass is 9.74. The van der Waals surface area contributed by atoms with E-state index < -0.39 is 5.60 Å². The third kappa shape index (κ3) is 4.97. The Morgan fingerprint density at radius 1 is 1.19 bits per heavy atom. The van der Waals surface area contributed by atoms with Gasteiger partial charge in [-0.1, -0.05) is 12.1 Å². The number of aliphatic hydroxyl groups is 1. The molecule has 1 aromatic carbocycles. The van der Waals surface area contributed by atoms with Crippen LogP contribution in [0.3, 0.4) is 0 Å². The Hall–Kier alpha value is -2.29. The molecule has 0 radical (unpaired) electrons. The zero-order chi connectivity index (χ0) is 21.7. The number of hydrogen-bond acceptors (Lipinski definition) is 6. The molecule has 31 heavy (non-hydrogen) atoms. The van der Waals surface area contributed by atoms with Gasteiger partial charge in [0.25, 0.3) is 0 Å². The van der Waals surface area contributed by atoms with E-state index in [-0.39, 0.29) is 18.8 Å². The maximum Gasteiger partial charge on any atom is 0.231 e. The van der Waals surface area contributed by atoms with Crippen LogP contribution in [0.25, 0.3) is 0 Å². The van der Waals surface area contributed by atoms with Gasteiger partial charge in [0.05, 0.1) is 6.54 Å². The molecule has 1 unspecified atom stereocenters. The Labute approximate surface area is 187 Å². The fourth-order valence-corrected chi connectivity index (χ4v) is 4.83. The number of fused-ring (bicyclic) bond motifs is 1. The number of nitrogens with zero attached hydrogens (tertiary/aromatic N) is 1. The quantitative estimate of drug-likeness (QED) is 0.449. The Kier molecular flexibility index (Phi) is 6.69. The van der Waals surface area contributed by atoms with E-state index in [1.54, 1.807) is 18.3 Å². The number of nitrogens with one attached hydrogen (secondary N) is 2. The molecule has 0 amide bonds. The summed E-state index contributed by atoms with van der Waals surface area (Å²) >= 11 is 1.54. The minimum atomic E-state index is -0.996. The van der Waals surface area contributed by atoms with Crippen LogP contribution in [-0.4, -0.2) is 50.7 Å². The van der Waals surface area contributed by atoms with Gasteiger partial charge >= 0.3 is 0 Å². The third-order valence-electron chi connectivity index (χ3n) is 5.97. The Balaban J connectivity index is 1.51. The number of aliphatic imine (C=N–C) groups is 1. The van der Waals surface area contributed by atoms with Crippen molar-refractivity contribution in [2.45, 2.75) is 37.7 Å². The largest absolute Gasteiger partial charge is 0.454 e. The molecule has 1 fully saturated rings. The van der Waals surface area contributed by atoms with Crippen molar-refractivity contribution in [3.05, 3.63) is 46.2 Å². The van der Waals surface area contributed by atoms with Crippen molar-refractivity contribution >= 4 is 17.3 Å². The molecule has 0 spiro atoms. The number of hydrogen-bond donors (Lipinski definition) is 3. The molecular weight excluding hydrogens is 414 g/mol. The highest BCUT2D eigenvalue weighted by Crippen LogP contribution is 2.40. The van der Waals surface area contributed by atoms with E-state index in [2.05, 4.69) is 27.8 Å². The molecule has 2 aliphatic heterocycles. The predicted molar refractivity (Wildman–Crippen MR) is 122 cm³/mol. The van der Waals surface area contributed by atoms with Gasteiger partial charge in [-0.3, -0.25) is 0 Å². The number of guanidine groups is 1. The fourth-order valence-electron chi connectivity index (χ4n) is 4.05. The lowest BCUT2D eigenvalue weighted by molar-refractivity contribution is 0.0512. The van der Waals surface area contributed by atoms with Crippen LogP contribution < -0.4 is 20.1 Å². The van der Waals surface area contributed by atoms with Crippen LogP contribution in [0.5, 0.6) is 11.5 Å². The van der Waals surface area contributed by atoms with Crippen LogP contribution in [0.15, 0.2) is 40.7 Å². The topological polar surface area (TPSA) is 84.3 Å². The summed E-state index contributed by atoms with van der Waals surface area (Å²) in [5.74, 6) is 2.30. The highest BCUT2D eigenvalue weighted by molar-refractivity contribution is 7.10. The van der Waals surface area contributed by atoms with Crippen LogP contribution in [0, 0.1) is 0 Å². The van der Waals surface area contributed by atoms with E-state index in [9.17, 15) is 5.11 Å². The van der Waals surface area contributed by atoms with E-state index in [0.717, 1.165) is 49.0 Å². The smallest absolute Gasteiger partial charge is 0.231 e. The molecule has 0 aliphatic carbocycles. The van der Waals surface area contributed by atoms with Crippen molar-refractivity contribution in [2.75, 3.05) is 39.6 Å². The first-order valence-electron chi connectivity index (χ1n) is 10.8. The first-order valence-corrected chi connectivity index (χ1v) is 11.7. The maximum absolute atomic E-state index is 10.8. The van der Waals surface area contributed by atoms with Crippen LogP contribution in [0.2, 0.25) is 0 Å². The normalized spacial score (nSPS) is 19.6. The van der Waals surface area contributed by atoms with Crippen LogP contribution >= 0.6 is 11.3 Å². The summed E-state index contributed by atoms with van der Waals surface area (Å²) in [6.07, 6.45) is 1.82. The molecule has 3 N–H and O–H groups in total. The van der Waals surface area contributed by atoms with Gasteiger partial charge in [-0.15, -0.1) is 11.3 Å². The van der Waals surface area contributed by atoms with Gasteiger partial charge in [0.1, 0.15) is 5.60 Å². The van der Waals surface area contributed by atoms with E-state index in [4.69, 9.17) is 14.2 Å². The average molecular weight is 446 g/mol. The summed E-state index contributed by atoms with van der Waals surface area (Å²) in [5.41, 5.74) is 0.129. The fraction of sp³-hybridized carbons (Fsp3) is 0.522. The zero-order valence-electron chi connectivity index (χ0n) is 18.1. The lowest BCUT2D eigenvalue weighted by Crippen LogP contribution is -2.48. The van der Waals surface area contributed by atoms with Gasteiger partial charge in [-0.05, 0) is 55.8 Å². The van der Waals surface area contributed by atoms with Crippen molar-refractivity contribution in [1.29, 1.82) is 0 Å². The second-order valence-corrected chi connectivity index (χ2v) is 9.21. The van der Waals surface area contributed by atoms with Gasteiger partial charge in [-0.25, -0.2) is 4.99 Å². The molecule has 1 saturated heterocycles. The molecule has 168 valence electrons. The van der Waals surface area contributed by atoms with Crippen LogP contribution in [0.4, 0.5) is 0 Å². The van der Waals surface area contributed by atoms with E-state index in [0.29, 0.717) is 12.5 Å². The zero-order valence-corrected chi connectivity index (χ0v) is 19.0. The Morgan fingerprint density at radius 3 is 2.74 bits per heavy atom. The molecule has 0 saturated carbocycles. The Morgan fingerprint density at radius 2 is 2.00 bits per heavy atom. The molecule has 2 aromatic rings. The number of thiophene rings is 1. The Bertz CT molecular complexity index is 892. The number of benzene rings is 1. The SMILES string of the molecule is CCNC(=NCC(C)(O)c1cccs1)NCC1(c2ccc3c(c2)OCO3)CCOCC1. The minimum Gasteiger partial charge on any atom is -0.454 e. The molecule has 1 aromatic heterocycles. The molecule has 4 rings (SSSR count). The van der Waals surface area contributed by atoms with Crippen LogP contribution in [0.1, 0.15) is 37.1 Å². The highest BCUT2D eigenvalue weighted by Gasteiger charge is 2.36. The summed E-state index contributed by atoms with van der Waals surface area (Å²) < 4.78 is 16.8. The average Bonchev–Trinajstić information content (AvgIpc) is 3.48. The minimum absolute atomic E-state index is 0.0916. The van der Waals surface area contributed by atoms with E-state index in [1.165, 1.54) is 5.56 Å². The molecule has 2 aliphatic rings. The van der Waals surface area contributed by atoms with E-state index >= 15 is 0 Å². The number of rotatable bonds is 7. The van der Waals surface area contributed by atoms with Gasteiger partial charge in [0, 0.05) is 36.6 Å². The van der Waals surface area contributed by atoms with Crippen LogP contribution in [-0.2, 0) is 15.8 Å². The first kappa shape index (κ1) is 21.9. The highest BCUT2D eigenvalue weighted by atomic mass is 32.1.